The van der Waals surface area contributed by atoms with Crippen LogP contribution in [0.5, 0.6) is 5.75 Å². The first-order chi connectivity index (χ1) is 19.0. The third kappa shape index (κ3) is 12.7. The average Bonchev–Trinajstić information content (AvgIpc) is 2.93. The Morgan fingerprint density at radius 3 is 2.15 bits per heavy atom. The van der Waals surface area contributed by atoms with Crippen LogP contribution in [0.3, 0.4) is 0 Å². The highest BCUT2D eigenvalue weighted by Crippen LogP contribution is 2.27. The first-order valence-corrected chi connectivity index (χ1v) is 15.9. The number of halogens is 1. The third-order valence-corrected chi connectivity index (χ3v) is 7.63. The Labute approximate surface area is 243 Å². The number of carbonyl (C=O) groups excluding carboxylic acids is 3. The van der Waals surface area contributed by atoms with E-state index in [-0.39, 0.29) is 18.2 Å². The van der Waals surface area contributed by atoms with Gasteiger partial charge in [0.1, 0.15) is 11.8 Å². The summed E-state index contributed by atoms with van der Waals surface area (Å²) in [6.07, 6.45) is 16.2. The first-order valence-electron chi connectivity index (χ1n) is 15.1. The van der Waals surface area contributed by atoms with Crippen LogP contribution in [0, 0.1) is 0 Å². The second-order valence-electron chi connectivity index (χ2n) is 10.5. The molecule has 1 unspecified atom stereocenters. The van der Waals surface area contributed by atoms with E-state index in [9.17, 15) is 14.4 Å². The second-order valence-corrected chi connectivity index (χ2v) is 11.4. The van der Waals surface area contributed by atoms with Crippen molar-refractivity contribution >= 4 is 33.7 Å². The van der Waals surface area contributed by atoms with Crippen molar-refractivity contribution < 1.29 is 23.9 Å². The molecule has 0 spiro atoms. The number of nitrogens with zero attached hydrogens (tertiary/aromatic N) is 1. The fourth-order valence-electron chi connectivity index (χ4n) is 4.81. The molecule has 1 heterocycles. The number of esters is 1. The number of piperazine rings is 1. The Balaban J connectivity index is 1.83. The molecule has 0 bridgehead atoms. The lowest BCUT2D eigenvalue weighted by molar-refractivity contribution is -0.147. The van der Waals surface area contributed by atoms with Crippen molar-refractivity contribution in [1.29, 1.82) is 0 Å². The van der Waals surface area contributed by atoms with Gasteiger partial charge >= 0.3 is 5.97 Å². The van der Waals surface area contributed by atoms with Crippen molar-refractivity contribution in [2.75, 3.05) is 26.3 Å². The van der Waals surface area contributed by atoms with E-state index >= 15 is 0 Å². The summed E-state index contributed by atoms with van der Waals surface area (Å²) in [5, 5.41) is 2.78. The maximum absolute atomic E-state index is 13.6. The maximum Gasteiger partial charge on any atom is 0.308 e. The van der Waals surface area contributed by atoms with Gasteiger partial charge in [-0.3, -0.25) is 14.4 Å². The Morgan fingerprint density at radius 2 is 1.49 bits per heavy atom. The molecule has 0 radical (unpaired) electrons. The van der Waals surface area contributed by atoms with Gasteiger partial charge in [-0.2, -0.15) is 0 Å². The number of unbranched alkanes of at least 4 members (excludes halogenated alkanes) is 12. The minimum Gasteiger partial charge on any atom is -0.493 e. The van der Waals surface area contributed by atoms with Crippen molar-refractivity contribution in [3.05, 3.63) is 28.2 Å². The number of ether oxygens (including phenoxy) is 2. The number of rotatable bonds is 20. The number of nitrogens with one attached hydrogen (secondary N) is 1. The van der Waals surface area contributed by atoms with Crippen molar-refractivity contribution in [3.63, 3.8) is 0 Å². The highest BCUT2D eigenvalue weighted by atomic mass is 79.9. The predicted molar refractivity (Wildman–Crippen MR) is 159 cm³/mol. The Kier molecular flexibility index (Phi) is 16.9. The van der Waals surface area contributed by atoms with Crippen LogP contribution in [0.4, 0.5) is 0 Å². The van der Waals surface area contributed by atoms with Gasteiger partial charge in [-0.25, -0.2) is 0 Å². The highest BCUT2D eigenvalue weighted by Gasteiger charge is 2.36. The molecule has 2 rings (SSSR count). The van der Waals surface area contributed by atoms with Crippen LogP contribution >= 0.6 is 15.9 Å². The molecule has 0 aliphatic carbocycles. The Bertz CT molecular complexity index is 879. The molecule has 220 valence electrons. The molecular formula is C31H49BrN2O5. The SMILES string of the molecule is CCCCCCCCCCCCOC(=O)CC1C(=O)NCCN1C(=O)c1cc(Br)ccc1OCCCCCC. The summed E-state index contributed by atoms with van der Waals surface area (Å²) in [5.74, 6) is -0.606. The molecule has 1 atom stereocenters. The topological polar surface area (TPSA) is 84.9 Å². The Hall–Kier alpha value is -2.09. The van der Waals surface area contributed by atoms with Crippen molar-refractivity contribution in [2.24, 2.45) is 0 Å². The number of amides is 2. The van der Waals surface area contributed by atoms with Crippen LogP contribution in [0.2, 0.25) is 0 Å². The third-order valence-electron chi connectivity index (χ3n) is 7.14. The molecule has 1 saturated heterocycles. The summed E-state index contributed by atoms with van der Waals surface area (Å²) in [6, 6.07) is 4.43. The molecule has 1 fully saturated rings. The van der Waals surface area contributed by atoms with Crippen LogP contribution in [0.1, 0.15) is 121 Å². The quantitative estimate of drug-likeness (QED) is 0.125. The molecule has 1 aliphatic rings. The van der Waals surface area contributed by atoms with Crippen molar-refractivity contribution in [2.45, 2.75) is 116 Å². The highest BCUT2D eigenvalue weighted by molar-refractivity contribution is 9.10. The van der Waals surface area contributed by atoms with Gasteiger partial charge in [-0.1, -0.05) is 107 Å². The standard InChI is InChI=1S/C31H49BrN2O5/c1-3-5-7-9-10-11-12-13-14-16-22-39-29(35)24-27-30(36)33-19-20-34(27)31(37)26-23-25(32)17-18-28(26)38-21-15-8-6-4-2/h17-18,23,27H,3-16,19-22,24H2,1-2H3,(H,33,36). The van der Waals surface area contributed by atoms with Gasteiger partial charge in [0.15, 0.2) is 0 Å². The van der Waals surface area contributed by atoms with Crippen LogP contribution in [-0.4, -0.2) is 55.0 Å². The number of carbonyl (C=O) groups is 3. The van der Waals surface area contributed by atoms with Crippen LogP contribution in [0.15, 0.2) is 22.7 Å². The van der Waals surface area contributed by atoms with E-state index in [2.05, 4.69) is 35.1 Å². The van der Waals surface area contributed by atoms with Crippen LogP contribution in [-0.2, 0) is 14.3 Å². The fourth-order valence-corrected chi connectivity index (χ4v) is 5.17. The summed E-state index contributed by atoms with van der Waals surface area (Å²) >= 11 is 3.45. The summed E-state index contributed by atoms with van der Waals surface area (Å²) in [7, 11) is 0. The molecule has 0 aromatic heterocycles. The monoisotopic (exact) mass is 608 g/mol. The van der Waals surface area contributed by atoms with E-state index in [1.165, 1.54) is 49.8 Å². The minimum atomic E-state index is -0.900. The van der Waals surface area contributed by atoms with E-state index in [4.69, 9.17) is 9.47 Å². The zero-order valence-corrected chi connectivity index (χ0v) is 25.7. The van der Waals surface area contributed by atoms with E-state index in [0.717, 1.165) is 49.4 Å². The molecule has 39 heavy (non-hydrogen) atoms. The van der Waals surface area contributed by atoms with E-state index in [1.54, 1.807) is 12.1 Å². The molecule has 2 amide bonds. The zero-order chi connectivity index (χ0) is 28.3. The van der Waals surface area contributed by atoms with Gasteiger partial charge in [0.25, 0.3) is 5.91 Å². The molecular weight excluding hydrogens is 560 g/mol. The molecule has 1 N–H and O–H groups in total. The first kappa shape index (κ1) is 33.1. The normalized spacial score (nSPS) is 15.2. The van der Waals surface area contributed by atoms with Gasteiger partial charge in [0.05, 0.1) is 25.2 Å². The van der Waals surface area contributed by atoms with E-state index in [0.29, 0.717) is 37.6 Å². The molecule has 1 aromatic rings. The fraction of sp³-hybridized carbons (Fsp3) is 0.710. The van der Waals surface area contributed by atoms with Crippen molar-refractivity contribution in [3.8, 4) is 5.75 Å². The van der Waals surface area contributed by atoms with Gasteiger partial charge < -0.3 is 19.7 Å². The minimum absolute atomic E-state index is 0.156. The van der Waals surface area contributed by atoms with Crippen LogP contribution in [0.25, 0.3) is 0 Å². The van der Waals surface area contributed by atoms with Gasteiger partial charge in [-0.15, -0.1) is 0 Å². The average molecular weight is 610 g/mol. The van der Waals surface area contributed by atoms with Crippen LogP contribution < -0.4 is 10.1 Å². The number of benzene rings is 1. The molecule has 8 heteroatoms. The summed E-state index contributed by atoms with van der Waals surface area (Å²) in [5.41, 5.74) is 0.387. The maximum atomic E-state index is 13.6. The molecule has 1 aliphatic heterocycles. The van der Waals surface area contributed by atoms with Gasteiger partial charge in [0.2, 0.25) is 5.91 Å². The summed E-state index contributed by atoms with van der Waals surface area (Å²) < 4.78 is 12.1. The number of hydrogen-bond acceptors (Lipinski definition) is 5. The predicted octanol–water partition coefficient (Wildman–Crippen LogP) is 7.20. The lowest BCUT2D eigenvalue weighted by Crippen LogP contribution is -2.57. The largest absolute Gasteiger partial charge is 0.493 e. The molecule has 0 saturated carbocycles. The van der Waals surface area contributed by atoms with E-state index in [1.807, 2.05) is 6.07 Å². The lowest BCUT2D eigenvalue weighted by atomic mass is 10.1. The lowest BCUT2D eigenvalue weighted by Gasteiger charge is -2.35. The second kappa shape index (κ2) is 19.9. The molecule has 1 aromatic carbocycles. The van der Waals surface area contributed by atoms with E-state index < -0.39 is 12.0 Å². The van der Waals surface area contributed by atoms with Gasteiger partial charge in [-0.05, 0) is 31.0 Å². The summed E-state index contributed by atoms with van der Waals surface area (Å²) in [4.78, 5) is 40.4. The van der Waals surface area contributed by atoms with Crippen molar-refractivity contribution in [1.82, 2.24) is 10.2 Å². The molecule has 7 nitrogen and oxygen atoms in total. The smallest absolute Gasteiger partial charge is 0.308 e. The van der Waals surface area contributed by atoms with Gasteiger partial charge in [0, 0.05) is 17.6 Å². The zero-order valence-electron chi connectivity index (χ0n) is 24.1. The summed E-state index contributed by atoms with van der Waals surface area (Å²) in [6.45, 7) is 5.93. The number of hydrogen-bond donors (Lipinski definition) is 1. The Morgan fingerprint density at radius 1 is 0.897 bits per heavy atom.